The molecule has 0 aliphatic heterocycles. The van der Waals surface area contributed by atoms with E-state index in [4.69, 9.17) is 9.47 Å². The van der Waals surface area contributed by atoms with Gasteiger partial charge in [0.05, 0.1) is 17.2 Å². The summed E-state index contributed by atoms with van der Waals surface area (Å²) in [5, 5.41) is 9.18. The van der Waals surface area contributed by atoms with Crippen LogP contribution in [0, 0.1) is 0 Å². The molecule has 130 valence electrons. The van der Waals surface area contributed by atoms with Crippen LogP contribution in [0.1, 0.15) is 6.92 Å². The van der Waals surface area contributed by atoms with E-state index in [1.807, 2.05) is 48.7 Å². The van der Waals surface area contributed by atoms with Crippen LogP contribution in [0.4, 0.5) is 5.69 Å². The third-order valence-corrected chi connectivity index (χ3v) is 4.14. The summed E-state index contributed by atoms with van der Waals surface area (Å²) in [6.45, 7) is 2.41. The van der Waals surface area contributed by atoms with Gasteiger partial charge in [0, 0.05) is 12.8 Å². The van der Waals surface area contributed by atoms with Gasteiger partial charge in [-0.1, -0.05) is 6.07 Å². The first-order valence-corrected chi connectivity index (χ1v) is 8.62. The van der Waals surface area contributed by atoms with Crippen LogP contribution < -0.4 is 10.1 Å². The van der Waals surface area contributed by atoms with Gasteiger partial charge in [0.25, 0.3) is 0 Å². The molecule has 0 fully saturated rings. The molecule has 0 atom stereocenters. The summed E-state index contributed by atoms with van der Waals surface area (Å²) in [6, 6.07) is 11.6. The van der Waals surface area contributed by atoms with Crippen molar-refractivity contribution in [3.8, 4) is 22.4 Å². The van der Waals surface area contributed by atoms with E-state index in [0.29, 0.717) is 18.3 Å². The van der Waals surface area contributed by atoms with Crippen LogP contribution in [0.5, 0.6) is 6.01 Å². The van der Waals surface area contributed by atoms with Crippen molar-refractivity contribution in [2.24, 2.45) is 0 Å². The lowest BCUT2D eigenvalue weighted by Crippen LogP contribution is -2.17. The lowest BCUT2D eigenvalue weighted by molar-refractivity contribution is -0.119. The summed E-state index contributed by atoms with van der Waals surface area (Å²) < 4.78 is 12.0. The SMILES string of the molecule is CCOc1nc(-c2cccs2)n(-c2ccc(NC(=O)COC)cc2)n1. The van der Waals surface area contributed by atoms with E-state index in [1.165, 1.54) is 7.11 Å². The van der Waals surface area contributed by atoms with Gasteiger partial charge in [-0.2, -0.15) is 4.98 Å². The highest BCUT2D eigenvalue weighted by atomic mass is 32.1. The van der Waals surface area contributed by atoms with Crippen LogP contribution in [0.25, 0.3) is 16.4 Å². The van der Waals surface area contributed by atoms with Crippen LogP contribution in [-0.4, -0.2) is 41.0 Å². The molecule has 7 nitrogen and oxygen atoms in total. The van der Waals surface area contributed by atoms with Crippen LogP contribution in [0.15, 0.2) is 41.8 Å². The monoisotopic (exact) mass is 358 g/mol. The fourth-order valence-corrected chi connectivity index (χ4v) is 2.94. The number of rotatable bonds is 7. The molecule has 3 aromatic rings. The molecule has 8 heteroatoms. The van der Waals surface area contributed by atoms with E-state index in [1.54, 1.807) is 16.0 Å². The highest BCUT2D eigenvalue weighted by Crippen LogP contribution is 2.27. The number of benzene rings is 1. The van der Waals surface area contributed by atoms with E-state index in [9.17, 15) is 4.79 Å². The zero-order chi connectivity index (χ0) is 17.6. The van der Waals surface area contributed by atoms with Gasteiger partial charge >= 0.3 is 6.01 Å². The molecule has 0 aliphatic carbocycles. The second-order valence-electron chi connectivity index (χ2n) is 5.07. The van der Waals surface area contributed by atoms with Crippen LogP contribution in [-0.2, 0) is 9.53 Å². The Bertz CT molecular complexity index is 828. The molecule has 0 saturated carbocycles. The number of aromatic nitrogens is 3. The summed E-state index contributed by atoms with van der Waals surface area (Å²) in [5.74, 6) is 0.517. The van der Waals surface area contributed by atoms with E-state index in [0.717, 1.165) is 16.4 Å². The van der Waals surface area contributed by atoms with Crippen LogP contribution in [0.3, 0.4) is 0 Å². The number of carbonyl (C=O) groups is 1. The molecule has 25 heavy (non-hydrogen) atoms. The maximum atomic E-state index is 11.6. The van der Waals surface area contributed by atoms with Crippen molar-refractivity contribution < 1.29 is 14.3 Å². The summed E-state index contributed by atoms with van der Waals surface area (Å²) in [7, 11) is 1.48. The van der Waals surface area contributed by atoms with Gasteiger partial charge in [-0.3, -0.25) is 4.79 Å². The fraction of sp³-hybridized carbons (Fsp3) is 0.235. The Hall–Kier alpha value is -2.71. The summed E-state index contributed by atoms with van der Waals surface area (Å²) in [6.07, 6.45) is 0. The third kappa shape index (κ3) is 4.04. The van der Waals surface area contributed by atoms with Gasteiger partial charge in [-0.15, -0.1) is 16.4 Å². The number of amides is 1. The number of carbonyl (C=O) groups excluding carboxylic acids is 1. The number of nitrogens with one attached hydrogen (secondary N) is 1. The molecule has 2 aromatic heterocycles. The average Bonchev–Trinajstić information content (AvgIpc) is 3.25. The molecule has 1 N–H and O–H groups in total. The maximum absolute atomic E-state index is 11.6. The van der Waals surface area contributed by atoms with E-state index < -0.39 is 0 Å². The number of hydrogen-bond donors (Lipinski definition) is 1. The number of ether oxygens (including phenoxy) is 2. The quantitative estimate of drug-likeness (QED) is 0.702. The van der Waals surface area contributed by atoms with Crippen molar-refractivity contribution in [3.05, 3.63) is 41.8 Å². The average molecular weight is 358 g/mol. The zero-order valence-corrected chi connectivity index (χ0v) is 14.7. The number of hydrogen-bond acceptors (Lipinski definition) is 6. The van der Waals surface area contributed by atoms with Crippen molar-refractivity contribution >= 4 is 22.9 Å². The van der Waals surface area contributed by atoms with Gasteiger partial charge in [0.1, 0.15) is 6.61 Å². The van der Waals surface area contributed by atoms with E-state index in [-0.39, 0.29) is 12.5 Å². The highest BCUT2D eigenvalue weighted by molar-refractivity contribution is 7.13. The summed E-state index contributed by atoms with van der Waals surface area (Å²) in [4.78, 5) is 17.0. The smallest absolute Gasteiger partial charge is 0.336 e. The Balaban J connectivity index is 1.89. The molecule has 0 unspecified atom stereocenters. The van der Waals surface area contributed by atoms with Crippen molar-refractivity contribution in [3.63, 3.8) is 0 Å². The third-order valence-electron chi connectivity index (χ3n) is 3.27. The first-order chi connectivity index (χ1) is 12.2. The molecule has 1 amide bonds. The molecule has 1 aromatic carbocycles. The second-order valence-corrected chi connectivity index (χ2v) is 6.02. The lowest BCUT2D eigenvalue weighted by Gasteiger charge is -2.07. The Morgan fingerprint density at radius 3 is 2.72 bits per heavy atom. The molecular weight excluding hydrogens is 340 g/mol. The zero-order valence-electron chi connectivity index (χ0n) is 13.9. The Morgan fingerprint density at radius 1 is 1.28 bits per heavy atom. The molecule has 0 saturated heterocycles. The molecule has 0 spiro atoms. The van der Waals surface area contributed by atoms with Gasteiger partial charge in [-0.25, -0.2) is 4.68 Å². The van der Waals surface area contributed by atoms with Gasteiger partial charge in [0.15, 0.2) is 5.82 Å². The Kier molecular flexibility index (Phi) is 5.42. The van der Waals surface area contributed by atoms with Crippen molar-refractivity contribution in [1.29, 1.82) is 0 Å². The summed E-state index contributed by atoms with van der Waals surface area (Å²) in [5.41, 5.74) is 1.51. The molecule has 3 rings (SSSR count). The lowest BCUT2D eigenvalue weighted by atomic mass is 10.2. The minimum Gasteiger partial charge on any atom is -0.463 e. The number of nitrogens with zero attached hydrogens (tertiary/aromatic N) is 3. The second kappa shape index (κ2) is 7.91. The minimum atomic E-state index is -0.200. The number of thiophene rings is 1. The predicted molar refractivity (Wildman–Crippen MR) is 96.3 cm³/mol. The van der Waals surface area contributed by atoms with E-state index in [2.05, 4.69) is 15.4 Å². The molecule has 2 heterocycles. The number of anilines is 1. The Labute approximate surface area is 149 Å². The Morgan fingerprint density at radius 2 is 2.08 bits per heavy atom. The standard InChI is InChI=1S/C17H18N4O3S/c1-3-24-17-19-16(14-5-4-10-25-14)21(20-17)13-8-6-12(7-9-13)18-15(22)11-23-2/h4-10H,3,11H2,1-2H3,(H,18,22). The molecule has 0 aliphatic rings. The van der Waals surface area contributed by atoms with Gasteiger partial charge in [-0.05, 0) is 42.6 Å². The first kappa shape index (κ1) is 17.1. The minimum absolute atomic E-state index is 0.0189. The highest BCUT2D eigenvalue weighted by Gasteiger charge is 2.15. The van der Waals surface area contributed by atoms with Crippen LogP contribution >= 0.6 is 11.3 Å². The van der Waals surface area contributed by atoms with Crippen LogP contribution in [0.2, 0.25) is 0 Å². The van der Waals surface area contributed by atoms with E-state index >= 15 is 0 Å². The normalized spacial score (nSPS) is 10.6. The molecular formula is C17H18N4O3S. The molecule has 0 bridgehead atoms. The fourth-order valence-electron chi connectivity index (χ4n) is 2.24. The van der Waals surface area contributed by atoms with Crippen molar-refractivity contribution in [1.82, 2.24) is 14.8 Å². The van der Waals surface area contributed by atoms with Crippen molar-refractivity contribution in [2.45, 2.75) is 6.92 Å². The predicted octanol–water partition coefficient (Wildman–Crippen LogP) is 2.98. The maximum Gasteiger partial charge on any atom is 0.336 e. The topological polar surface area (TPSA) is 78.3 Å². The first-order valence-electron chi connectivity index (χ1n) is 7.74. The van der Waals surface area contributed by atoms with Crippen molar-refractivity contribution in [2.75, 3.05) is 25.6 Å². The summed E-state index contributed by atoms with van der Waals surface area (Å²) >= 11 is 1.58. The molecule has 0 radical (unpaired) electrons. The van der Waals surface area contributed by atoms with Gasteiger partial charge < -0.3 is 14.8 Å². The largest absolute Gasteiger partial charge is 0.463 e. The number of methoxy groups -OCH3 is 1. The van der Waals surface area contributed by atoms with Gasteiger partial charge in [0.2, 0.25) is 5.91 Å².